The van der Waals surface area contributed by atoms with Gasteiger partial charge >= 0.3 is 0 Å². The van der Waals surface area contributed by atoms with Crippen molar-refractivity contribution in [1.29, 1.82) is 0 Å². The smallest absolute Gasteiger partial charge is 0.255 e. The van der Waals surface area contributed by atoms with Crippen molar-refractivity contribution >= 4 is 27.7 Å². The van der Waals surface area contributed by atoms with Crippen molar-refractivity contribution in [3.63, 3.8) is 0 Å². The van der Waals surface area contributed by atoms with Crippen LogP contribution in [0.4, 0.5) is 5.82 Å². The zero-order valence-electron chi connectivity index (χ0n) is 11.5. The van der Waals surface area contributed by atoms with Gasteiger partial charge in [0.15, 0.2) is 0 Å². The number of rotatable bonds is 7. The molecule has 0 aromatic carbocycles. The van der Waals surface area contributed by atoms with Gasteiger partial charge in [-0.25, -0.2) is 4.98 Å². The predicted octanol–water partition coefficient (Wildman–Crippen LogP) is 2.43. The minimum Gasteiger partial charge on any atom is -0.380 e. The van der Waals surface area contributed by atoms with Gasteiger partial charge in [-0.1, -0.05) is 0 Å². The van der Waals surface area contributed by atoms with E-state index in [-0.39, 0.29) is 11.9 Å². The molecule has 1 amide bonds. The van der Waals surface area contributed by atoms with E-state index in [2.05, 4.69) is 31.5 Å². The molecule has 1 atom stereocenters. The summed E-state index contributed by atoms with van der Waals surface area (Å²) >= 11 is 3.33. The molecule has 2 N–H and O–H groups in total. The highest BCUT2D eigenvalue weighted by Gasteiger charge is 2.15. The maximum atomic E-state index is 12.2. The molecule has 5 nitrogen and oxygen atoms in total. The number of amides is 1. The lowest BCUT2D eigenvalue weighted by atomic mass is 10.2. The molecule has 0 aliphatic rings. The lowest BCUT2D eigenvalue weighted by Crippen LogP contribution is -2.36. The van der Waals surface area contributed by atoms with Gasteiger partial charge in [0.2, 0.25) is 0 Å². The summed E-state index contributed by atoms with van der Waals surface area (Å²) in [6.07, 6.45) is 1.67. The van der Waals surface area contributed by atoms with Crippen molar-refractivity contribution in [2.45, 2.75) is 26.8 Å². The lowest BCUT2D eigenvalue weighted by Gasteiger charge is -2.15. The molecule has 1 aromatic rings. The summed E-state index contributed by atoms with van der Waals surface area (Å²) < 4.78 is 6.05. The second-order valence-corrected chi connectivity index (χ2v) is 5.03. The molecular weight excluding hydrogens is 310 g/mol. The van der Waals surface area contributed by atoms with Crippen LogP contribution in [0, 0.1) is 0 Å². The monoisotopic (exact) mass is 329 g/mol. The number of carbonyl (C=O) groups is 1. The summed E-state index contributed by atoms with van der Waals surface area (Å²) in [4.78, 5) is 16.4. The maximum absolute atomic E-state index is 12.2. The highest BCUT2D eigenvalue weighted by Crippen LogP contribution is 2.18. The van der Waals surface area contributed by atoms with Gasteiger partial charge < -0.3 is 15.4 Å². The van der Waals surface area contributed by atoms with E-state index in [1.54, 1.807) is 12.3 Å². The van der Waals surface area contributed by atoms with Crippen LogP contribution in [0.15, 0.2) is 16.7 Å². The Morgan fingerprint density at radius 3 is 2.89 bits per heavy atom. The summed E-state index contributed by atoms with van der Waals surface area (Å²) in [5.74, 6) is 0.434. The second kappa shape index (κ2) is 8.12. The molecule has 0 bridgehead atoms. The van der Waals surface area contributed by atoms with Gasteiger partial charge in [0.25, 0.3) is 5.91 Å². The fourth-order valence-corrected chi connectivity index (χ4v) is 1.89. The van der Waals surface area contributed by atoms with E-state index in [0.29, 0.717) is 31.1 Å². The van der Waals surface area contributed by atoms with Crippen LogP contribution in [0.5, 0.6) is 0 Å². The van der Waals surface area contributed by atoms with Crippen LogP contribution >= 0.6 is 15.9 Å². The minimum absolute atomic E-state index is 0.0408. The number of halogens is 1. The minimum atomic E-state index is -0.156. The van der Waals surface area contributed by atoms with E-state index in [1.807, 2.05) is 20.8 Å². The van der Waals surface area contributed by atoms with Gasteiger partial charge in [0.05, 0.1) is 12.2 Å². The van der Waals surface area contributed by atoms with Crippen molar-refractivity contribution in [3.05, 3.63) is 22.3 Å². The van der Waals surface area contributed by atoms with Crippen molar-refractivity contribution in [2.75, 3.05) is 25.1 Å². The topological polar surface area (TPSA) is 63.2 Å². The molecular formula is C13H20BrN3O2. The van der Waals surface area contributed by atoms with Crippen LogP contribution in [0.1, 0.15) is 31.1 Å². The first-order valence-corrected chi connectivity index (χ1v) is 7.15. The molecule has 0 saturated carbocycles. The van der Waals surface area contributed by atoms with Crippen molar-refractivity contribution in [3.8, 4) is 0 Å². The molecule has 0 radical (unpaired) electrons. The average molecular weight is 330 g/mol. The first-order valence-electron chi connectivity index (χ1n) is 6.36. The Kier molecular flexibility index (Phi) is 6.80. The number of hydrogen-bond donors (Lipinski definition) is 2. The quantitative estimate of drug-likeness (QED) is 0.806. The standard InChI is InChI=1S/C13H20BrN3O2/c1-4-15-12-11(6-10(14)7-16-12)13(18)17-9(3)8-19-5-2/h6-7,9H,4-5,8H2,1-3H3,(H,15,16)(H,17,18). The Balaban J connectivity index is 2.77. The normalized spacial score (nSPS) is 12.0. The van der Waals surface area contributed by atoms with Crippen molar-refractivity contribution in [2.24, 2.45) is 0 Å². The van der Waals surface area contributed by atoms with Crippen molar-refractivity contribution in [1.82, 2.24) is 10.3 Å². The van der Waals surface area contributed by atoms with Crippen LogP contribution in [0.25, 0.3) is 0 Å². The fraction of sp³-hybridized carbons (Fsp3) is 0.538. The maximum Gasteiger partial charge on any atom is 0.255 e. The molecule has 0 spiro atoms. The summed E-state index contributed by atoms with van der Waals surface area (Å²) in [6, 6.07) is 1.72. The molecule has 106 valence electrons. The first kappa shape index (κ1) is 15.9. The van der Waals surface area contributed by atoms with Crippen LogP contribution in [-0.2, 0) is 4.74 Å². The van der Waals surface area contributed by atoms with Gasteiger partial charge in [-0.2, -0.15) is 0 Å². The summed E-state index contributed by atoms with van der Waals surface area (Å²) in [5.41, 5.74) is 0.527. The number of hydrogen-bond acceptors (Lipinski definition) is 4. The Bertz CT molecular complexity index is 426. The highest BCUT2D eigenvalue weighted by molar-refractivity contribution is 9.10. The molecule has 1 rings (SSSR count). The lowest BCUT2D eigenvalue weighted by molar-refractivity contribution is 0.0872. The van der Waals surface area contributed by atoms with Crippen LogP contribution in [0.2, 0.25) is 0 Å². The Labute approximate surface area is 122 Å². The Morgan fingerprint density at radius 2 is 2.26 bits per heavy atom. The summed E-state index contributed by atoms with van der Waals surface area (Å²) in [7, 11) is 0. The van der Waals surface area contributed by atoms with Gasteiger partial charge in [-0.05, 0) is 42.8 Å². The molecule has 0 aliphatic heterocycles. The Morgan fingerprint density at radius 1 is 1.53 bits per heavy atom. The van der Waals surface area contributed by atoms with Crippen molar-refractivity contribution < 1.29 is 9.53 Å². The molecule has 0 fully saturated rings. The third-order valence-electron chi connectivity index (χ3n) is 2.39. The average Bonchev–Trinajstić information content (AvgIpc) is 2.38. The number of nitrogens with one attached hydrogen (secondary N) is 2. The van der Waals surface area contributed by atoms with E-state index in [9.17, 15) is 4.79 Å². The third kappa shape index (κ3) is 5.16. The SMILES string of the molecule is CCNc1ncc(Br)cc1C(=O)NC(C)COCC. The van der Waals surface area contributed by atoms with Gasteiger partial charge in [0, 0.05) is 29.9 Å². The molecule has 0 saturated heterocycles. The zero-order valence-corrected chi connectivity index (χ0v) is 13.1. The predicted molar refractivity (Wildman–Crippen MR) is 79.5 cm³/mol. The van der Waals surface area contributed by atoms with Crippen LogP contribution in [0.3, 0.4) is 0 Å². The molecule has 0 aliphatic carbocycles. The van der Waals surface area contributed by atoms with E-state index >= 15 is 0 Å². The molecule has 1 unspecified atom stereocenters. The van der Waals surface area contributed by atoms with Crippen LogP contribution < -0.4 is 10.6 Å². The zero-order chi connectivity index (χ0) is 14.3. The van der Waals surface area contributed by atoms with Gasteiger partial charge in [-0.3, -0.25) is 4.79 Å². The number of nitrogens with zero attached hydrogens (tertiary/aromatic N) is 1. The highest BCUT2D eigenvalue weighted by atomic mass is 79.9. The molecule has 6 heteroatoms. The van der Waals surface area contributed by atoms with Gasteiger partial charge in [-0.15, -0.1) is 0 Å². The summed E-state index contributed by atoms with van der Waals surface area (Å²) in [6.45, 7) is 7.65. The number of carbonyl (C=O) groups excluding carboxylic acids is 1. The van der Waals surface area contributed by atoms with E-state index in [0.717, 1.165) is 4.47 Å². The van der Waals surface area contributed by atoms with E-state index < -0.39 is 0 Å². The van der Waals surface area contributed by atoms with E-state index in [1.165, 1.54) is 0 Å². The summed E-state index contributed by atoms with van der Waals surface area (Å²) in [5, 5.41) is 5.97. The van der Waals surface area contributed by atoms with E-state index in [4.69, 9.17) is 4.74 Å². The molecule has 1 heterocycles. The third-order valence-corrected chi connectivity index (χ3v) is 2.83. The van der Waals surface area contributed by atoms with Gasteiger partial charge in [0.1, 0.15) is 5.82 Å². The molecule has 1 aromatic heterocycles. The number of pyridine rings is 1. The number of aromatic nitrogens is 1. The fourth-order valence-electron chi connectivity index (χ4n) is 1.56. The van der Waals surface area contributed by atoms with Crippen LogP contribution in [-0.4, -0.2) is 36.7 Å². The largest absolute Gasteiger partial charge is 0.380 e. The Hall–Kier alpha value is -1.14. The number of anilines is 1. The number of ether oxygens (including phenoxy) is 1. The second-order valence-electron chi connectivity index (χ2n) is 4.11. The molecule has 19 heavy (non-hydrogen) atoms. The first-order chi connectivity index (χ1) is 9.08.